The van der Waals surface area contributed by atoms with Gasteiger partial charge in [-0.15, -0.1) is 0 Å². The quantitative estimate of drug-likeness (QED) is 0.364. The van der Waals surface area contributed by atoms with Gasteiger partial charge >= 0.3 is 5.97 Å². The lowest BCUT2D eigenvalue weighted by Crippen LogP contribution is -2.13. The van der Waals surface area contributed by atoms with Crippen LogP contribution in [0.3, 0.4) is 0 Å². The number of ether oxygens (including phenoxy) is 1. The number of rotatable bonds is 9. The first kappa shape index (κ1) is 15.2. The molecular formula is C12H23IO2. The zero-order valence-corrected chi connectivity index (χ0v) is 12.1. The Hall–Kier alpha value is 0.200. The molecule has 0 aromatic carbocycles. The van der Waals surface area contributed by atoms with E-state index in [0.29, 0.717) is 18.9 Å². The molecule has 0 aromatic rings. The molecule has 1 unspecified atom stereocenters. The van der Waals surface area contributed by atoms with Gasteiger partial charge < -0.3 is 4.74 Å². The second kappa shape index (κ2) is 10.7. The van der Waals surface area contributed by atoms with Crippen molar-refractivity contribution in [1.82, 2.24) is 0 Å². The van der Waals surface area contributed by atoms with Crippen molar-refractivity contribution in [2.45, 2.75) is 52.4 Å². The van der Waals surface area contributed by atoms with Crippen LogP contribution in [-0.4, -0.2) is 17.0 Å². The van der Waals surface area contributed by atoms with E-state index in [-0.39, 0.29) is 5.97 Å². The van der Waals surface area contributed by atoms with E-state index in [4.69, 9.17) is 4.74 Å². The van der Waals surface area contributed by atoms with Gasteiger partial charge in [0, 0.05) is 10.8 Å². The molecule has 0 heterocycles. The number of esters is 1. The van der Waals surface area contributed by atoms with Crippen LogP contribution in [0, 0.1) is 5.92 Å². The van der Waals surface area contributed by atoms with E-state index in [2.05, 4.69) is 36.4 Å². The van der Waals surface area contributed by atoms with Crippen LogP contribution in [0.2, 0.25) is 0 Å². The molecule has 3 heteroatoms. The summed E-state index contributed by atoms with van der Waals surface area (Å²) < 4.78 is 6.28. The molecular weight excluding hydrogens is 303 g/mol. The van der Waals surface area contributed by atoms with Gasteiger partial charge in [0.05, 0.1) is 6.61 Å². The van der Waals surface area contributed by atoms with Crippen molar-refractivity contribution in [3.05, 3.63) is 0 Å². The minimum atomic E-state index is -0.0263. The highest BCUT2D eigenvalue weighted by Crippen LogP contribution is 2.13. The molecule has 0 saturated heterocycles. The first-order valence-electron chi connectivity index (χ1n) is 5.96. The van der Waals surface area contributed by atoms with Crippen LogP contribution in [0.4, 0.5) is 0 Å². The minimum Gasteiger partial charge on any atom is -0.465 e. The van der Waals surface area contributed by atoms with Crippen LogP contribution in [0.1, 0.15) is 52.4 Å². The molecule has 0 rings (SSSR count). The van der Waals surface area contributed by atoms with Crippen molar-refractivity contribution in [3.8, 4) is 0 Å². The Morgan fingerprint density at radius 2 is 2.07 bits per heavy atom. The van der Waals surface area contributed by atoms with Crippen LogP contribution in [0.5, 0.6) is 0 Å². The van der Waals surface area contributed by atoms with Gasteiger partial charge in [0.2, 0.25) is 0 Å². The van der Waals surface area contributed by atoms with E-state index in [0.717, 1.165) is 17.3 Å². The molecule has 0 N–H and O–H groups in total. The summed E-state index contributed by atoms with van der Waals surface area (Å²) >= 11 is 2.28. The summed E-state index contributed by atoms with van der Waals surface area (Å²) in [5, 5.41) is 0. The Labute approximate surface area is 107 Å². The number of hydrogen-bond donors (Lipinski definition) is 0. The molecule has 0 aliphatic carbocycles. The van der Waals surface area contributed by atoms with Crippen LogP contribution in [0.15, 0.2) is 0 Å². The topological polar surface area (TPSA) is 26.3 Å². The van der Waals surface area contributed by atoms with Gasteiger partial charge in [-0.2, -0.15) is 0 Å². The summed E-state index contributed by atoms with van der Waals surface area (Å²) in [6.45, 7) is 4.98. The van der Waals surface area contributed by atoms with Gasteiger partial charge in [0.1, 0.15) is 0 Å². The lowest BCUT2D eigenvalue weighted by molar-refractivity contribution is -0.145. The van der Waals surface area contributed by atoms with Crippen molar-refractivity contribution >= 4 is 28.6 Å². The second-order valence-electron chi connectivity index (χ2n) is 3.89. The lowest BCUT2D eigenvalue weighted by atomic mass is 10.0. The summed E-state index contributed by atoms with van der Waals surface area (Å²) in [7, 11) is 0. The standard InChI is InChI=1S/C12H23IO2/c1-3-5-7-11(4-2)10-15-12(14)8-6-9-13/h11H,3-10H2,1-2H3. The highest BCUT2D eigenvalue weighted by Gasteiger charge is 2.09. The van der Waals surface area contributed by atoms with Gasteiger partial charge in [-0.25, -0.2) is 0 Å². The summed E-state index contributed by atoms with van der Waals surface area (Å²) in [5.41, 5.74) is 0. The van der Waals surface area contributed by atoms with Crippen molar-refractivity contribution in [1.29, 1.82) is 0 Å². The maximum absolute atomic E-state index is 11.3. The van der Waals surface area contributed by atoms with E-state index in [1.807, 2.05) is 0 Å². The van der Waals surface area contributed by atoms with Crippen molar-refractivity contribution in [2.24, 2.45) is 5.92 Å². The van der Waals surface area contributed by atoms with Crippen molar-refractivity contribution in [3.63, 3.8) is 0 Å². The molecule has 15 heavy (non-hydrogen) atoms. The van der Waals surface area contributed by atoms with Gasteiger partial charge in [-0.1, -0.05) is 55.7 Å². The van der Waals surface area contributed by atoms with Gasteiger partial charge in [-0.05, 0) is 18.8 Å². The summed E-state index contributed by atoms with van der Waals surface area (Å²) in [6, 6.07) is 0. The Morgan fingerprint density at radius 3 is 2.60 bits per heavy atom. The molecule has 0 aromatic heterocycles. The molecule has 0 saturated carbocycles. The Bertz CT molecular complexity index is 160. The van der Waals surface area contributed by atoms with Gasteiger partial charge in [0.25, 0.3) is 0 Å². The van der Waals surface area contributed by atoms with Crippen LogP contribution in [0.25, 0.3) is 0 Å². The van der Waals surface area contributed by atoms with E-state index >= 15 is 0 Å². The number of alkyl halides is 1. The minimum absolute atomic E-state index is 0.0263. The number of unbranched alkanes of at least 4 members (excludes halogenated alkanes) is 1. The fourth-order valence-electron chi connectivity index (χ4n) is 1.39. The fraction of sp³-hybridized carbons (Fsp3) is 0.917. The summed E-state index contributed by atoms with van der Waals surface area (Å²) in [5.74, 6) is 0.537. The van der Waals surface area contributed by atoms with Crippen molar-refractivity contribution < 1.29 is 9.53 Å². The number of carbonyl (C=O) groups excluding carboxylic acids is 1. The fourth-order valence-corrected chi connectivity index (χ4v) is 1.77. The summed E-state index contributed by atoms with van der Waals surface area (Å²) in [4.78, 5) is 11.3. The average molecular weight is 326 g/mol. The first-order valence-corrected chi connectivity index (χ1v) is 7.48. The Morgan fingerprint density at radius 1 is 1.33 bits per heavy atom. The van der Waals surface area contributed by atoms with E-state index in [1.54, 1.807) is 0 Å². The van der Waals surface area contributed by atoms with Crippen LogP contribution in [-0.2, 0) is 9.53 Å². The maximum atomic E-state index is 11.3. The molecule has 0 aliphatic heterocycles. The molecule has 0 aliphatic rings. The first-order chi connectivity index (χ1) is 7.24. The molecule has 0 fully saturated rings. The zero-order valence-electron chi connectivity index (χ0n) is 9.93. The molecule has 0 radical (unpaired) electrons. The highest BCUT2D eigenvalue weighted by molar-refractivity contribution is 14.1. The Balaban J connectivity index is 3.55. The van der Waals surface area contributed by atoms with Crippen LogP contribution < -0.4 is 0 Å². The largest absolute Gasteiger partial charge is 0.465 e. The molecule has 0 amide bonds. The maximum Gasteiger partial charge on any atom is 0.305 e. The monoisotopic (exact) mass is 326 g/mol. The normalized spacial score (nSPS) is 12.5. The van der Waals surface area contributed by atoms with Gasteiger partial charge in [0.15, 0.2) is 0 Å². The number of halogens is 1. The highest BCUT2D eigenvalue weighted by atomic mass is 127. The van der Waals surface area contributed by atoms with Gasteiger partial charge in [-0.3, -0.25) is 4.79 Å². The van der Waals surface area contributed by atoms with E-state index in [9.17, 15) is 4.79 Å². The van der Waals surface area contributed by atoms with Crippen LogP contribution >= 0.6 is 22.6 Å². The van der Waals surface area contributed by atoms with Crippen molar-refractivity contribution in [2.75, 3.05) is 11.0 Å². The third kappa shape index (κ3) is 9.15. The van der Waals surface area contributed by atoms with E-state index in [1.165, 1.54) is 19.3 Å². The average Bonchev–Trinajstić information content (AvgIpc) is 2.26. The Kier molecular flexibility index (Phi) is 10.9. The molecule has 2 nitrogen and oxygen atoms in total. The molecule has 0 bridgehead atoms. The van der Waals surface area contributed by atoms with E-state index < -0.39 is 0 Å². The smallest absolute Gasteiger partial charge is 0.305 e. The SMILES string of the molecule is CCCCC(CC)COC(=O)CCCI. The predicted octanol–water partition coefficient (Wildman–Crippen LogP) is 3.96. The molecule has 1 atom stereocenters. The number of hydrogen-bond acceptors (Lipinski definition) is 2. The predicted molar refractivity (Wildman–Crippen MR) is 72.4 cm³/mol. The summed E-state index contributed by atoms with van der Waals surface area (Å²) in [6.07, 6.45) is 6.27. The zero-order chi connectivity index (χ0) is 11.5. The second-order valence-corrected chi connectivity index (χ2v) is 4.97. The number of carbonyl (C=O) groups is 1. The third-order valence-corrected chi connectivity index (χ3v) is 3.30. The molecule has 90 valence electrons. The molecule has 0 spiro atoms. The third-order valence-electron chi connectivity index (χ3n) is 2.54. The lowest BCUT2D eigenvalue weighted by Gasteiger charge is -2.14.